The topological polar surface area (TPSA) is 46.3 Å². The van der Waals surface area contributed by atoms with Gasteiger partial charge in [-0.25, -0.2) is 0 Å². The molecule has 0 fully saturated rings. The zero-order valence-electron chi connectivity index (χ0n) is 12.5. The van der Waals surface area contributed by atoms with E-state index in [1.54, 1.807) is 4.90 Å². The predicted molar refractivity (Wildman–Crippen MR) is 80.0 cm³/mol. The molecule has 1 rings (SSSR count). The van der Waals surface area contributed by atoms with Crippen LogP contribution in [0.3, 0.4) is 0 Å². The fourth-order valence-electron chi connectivity index (χ4n) is 1.82. The van der Waals surface area contributed by atoms with Gasteiger partial charge in [0.25, 0.3) is 0 Å². The molecule has 0 aromatic heterocycles. The number of amides is 1. The van der Waals surface area contributed by atoms with Gasteiger partial charge in [-0.15, -0.1) is 0 Å². The molecule has 0 aliphatic carbocycles. The molecular formula is C16H26N2O. The summed E-state index contributed by atoms with van der Waals surface area (Å²) in [6.45, 7) is 6.99. The van der Waals surface area contributed by atoms with Crippen LogP contribution in [0.4, 0.5) is 0 Å². The molecule has 3 heteroatoms. The number of hydrogen-bond acceptors (Lipinski definition) is 2. The monoisotopic (exact) mass is 262 g/mol. The Labute approximate surface area is 116 Å². The van der Waals surface area contributed by atoms with Gasteiger partial charge in [0.15, 0.2) is 0 Å². The van der Waals surface area contributed by atoms with Crippen LogP contribution < -0.4 is 5.73 Å². The molecule has 1 aromatic rings. The second kappa shape index (κ2) is 7.29. The molecule has 0 aliphatic rings. The largest absolute Gasteiger partial charge is 0.345 e. The van der Waals surface area contributed by atoms with E-state index in [9.17, 15) is 4.79 Å². The lowest BCUT2D eigenvalue weighted by Crippen LogP contribution is -2.35. The molecule has 1 amide bonds. The lowest BCUT2D eigenvalue weighted by molar-refractivity contribution is -0.129. The number of aryl methyl sites for hydroxylation is 1. The van der Waals surface area contributed by atoms with E-state index in [0.29, 0.717) is 12.3 Å². The average molecular weight is 262 g/mol. The molecule has 0 spiro atoms. The number of benzene rings is 1. The number of rotatable bonds is 6. The number of carbonyl (C=O) groups is 1. The summed E-state index contributed by atoms with van der Waals surface area (Å²) < 4.78 is 0. The van der Waals surface area contributed by atoms with Crippen molar-refractivity contribution in [2.75, 3.05) is 13.6 Å². The highest BCUT2D eigenvalue weighted by Gasteiger charge is 2.13. The van der Waals surface area contributed by atoms with E-state index in [1.165, 1.54) is 5.56 Å². The fraction of sp³-hybridized carbons (Fsp3) is 0.562. The molecule has 19 heavy (non-hydrogen) atoms. The molecule has 0 saturated heterocycles. The molecule has 0 radical (unpaired) electrons. The summed E-state index contributed by atoms with van der Waals surface area (Å²) in [5.74, 6) is 0.611. The summed E-state index contributed by atoms with van der Waals surface area (Å²) in [4.78, 5) is 13.8. The first-order chi connectivity index (χ1) is 8.90. The van der Waals surface area contributed by atoms with Crippen molar-refractivity contribution in [2.24, 2.45) is 11.7 Å². The highest BCUT2D eigenvalue weighted by atomic mass is 16.2. The van der Waals surface area contributed by atoms with E-state index in [0.717, 1.165) is 18.5 Å². The van der Waals surface area contributed by atoms with Gasteiger partial charge in [-0.3, -0.25) is 4.79 Å². The van der Waals surface area contributed by atoms with Crippen LogP contribution >= 0.6 is 0 Å². The van der Waals surface area contributed by atoms with E-state index in [1.807, 2.05) is 38.2 Å². The van der Waals surface area contributed by atoms with Gasteiger partial charge in [-0.1, -0.05) is 43.7 Å². The maximum Gasteiger partial charge on any atom is 0.226 e. The number of hydrogen-bond donors (Lipinski definition) is 1. The van der Waals surface area contributed by atoms with Crippen LogP contribution in [0.15, 0.2) is 24.3 Å². The van der Waals surface area contributed by atoms with Gasteiger partial charge in [0, 0.05) is 19.6 Å². The Morgan fingerprint density at radius 2 is 1.84 bits per heavy atom. The van der Waals surface area contributed by atoms with E-state index < -0.39 is 0 Å². The minimum atomic E-state index is 0.153. The third-order valence-corrected chi connectivity index (χ3v) is 3.56. The Kier molecular flexibility index (Phi) is 6.03. The number of nitrogens with two attached hydrogens (primary N) is 1. The van der Waals surface area contributed by atoms with Crippen LogP contribution in [-0.4, -0.2) is 30.4 Å². The number of likely N-dealkylation sites (N-methyl/N-ethyl adjacent to an activating group) is 1. The van der Waals surface area contributed by atoms with E-state index >= 15 is 0 Å². The van der Waals surface area contributed by atoms with Crippen molar-refractivity contribution in [3.63, 3.8) is 0 Å². The fourth-order valence-corrected chi connectivity index (χ4v) is 1.82. The molecule has 3 nitrogen and oxygen atoms in total. The normalized spacial score (nSPS) is 12.5. The van der Waals surface area contributed by atoms with Gasteiger partial charge >= 0.3 is 0 Å². The zero-order chi connectivity index (χ0) is 14.4. The van der Waals surface area contributed by atoms with Crippen LogP contribution in [0.2, 0.25) is 0 Å². The first-order valence-electron chi connectivity index (χ1n) is 6.95. The lowest BCUT2D eigenvalue weighted by Gasteiger charge is -2.21. The first-order valence-corrected chi connectivity index (χ1v) is 6.95. The van der Waals surface area contributed by atoms with Gasteiger partial charge < -0.3 is 10.6 Å². The standard InChI is InChI=1S/C16H26N2O/c1-12(2)15(17)9-10-18(4)16(19)11-14-7-5-13(3)6-8-14/h5-8,12,15H,9-11,17H2,1-4H3. The zero-order valence-corrected chi connectivity index (χ0v) is 12.5. The van der Waals surface area contributed by atoms with Gasteiger partial charge in [0.05, 0.1) is 6.42 Å². The third-order valence-electron chi connectivity index (χ3n) is 3.56. The second-order valence-electron chi connectivity index (χ2n) is 5.67. The second-order valence-corrected chi connectivity index (χ2v) is 5.67. The lowest BCUT2D eigenvalue weighted by atomic mass is 10.0. The quantitative estimate of drug-likeness (QED) is 0.855. The molecular weight excluding hydrogens is 236 g/mol. The van der Waals surface area contributed by atoms with Gasteiger partial charge in [-0.2, -0.15) is 0 Å². The highest BCUT2D eigenvalue weighted by molar-refractivity contribution is 5.78. The first kappa shape index (κ1) is 15.7. The van der Waals surface area contributed by atoms with Crippen molar-refractivity contribution in [3.05, 3.63) is 35.4 Å². The molecule has 0 saturated carbocycles. The molecule has 1 atom stereocenters. The predicted octanol–water partition coefficient (Wildman–Crippen LogP) is 2.37. The average Bonchev–Trinajstić information content (AvgIpc) is 2.37. The highest BCUT2D eigenvalue weighted by Crippen LogP contribution is 2.07. The van der Waals surface area contributed by atoms with E-state index in [2.05, 4.69) is 13.8 Å². The summed E-state index contributed by atoms with van der Waals surface area (Å²) in [5.41, 5.74) is 8.28. The third kappa shape index (κ3) is 5.43. The summed E-state index contributed by atoms with van der Waals surface area (Å²) in [5, 5.41) is 0. The van der Waals surface area contributed by atoms with Gasteiger partial charge in [0.1, 0.15) is 0 Å². The smallest absolute Gasteiger partial charge is 0.226 e. The Morgan fingerprint density at radius 1 is 1.26 bits per heavy atom. The maximum atomic E-state index is 12.1. The van der Waals surface area contributed by atoms with Crippen molar-refractivity contribution in [1.82, 2.24) is 4.90 Å². The Morgan fingerprint density at radius 3 is 2.37 bits per heavy atom. The Bertz CT molecular complexity index is 398. The van der Waals surface area contributed by atoms with Crippen LogP contribution in [0.25, 0.3) is 0 Å². The van der Waals surface area contributed by atoms with Crippen molar-refractivity contribution in [2.45, 2.75) is 39.7 Å². The Hall–Kier alpha value is -1.35. The minimum absolute atomic E-state index is 0.153. The van der Waals surface area contributed by atoms with E-state index in [4.69, 9.17) is 5.73 Å². The molecule has 1 aromatic carbocycles. The van der Waals surface area contributed by atoms with Crippen molar-refractivity contribution in [3.8, 4) is 0 Å². The molecule has 0 bridgehead atoms. The summed E-state index contributed by atoms with van der Waals surface area (Å²) in [6.07, 6.45) is 1.32. The minimum Gasteiger partial charge on any atom is -0.345 e. The van der Waals surface area contributed by atoms with Gasteiger partial charge in [-0.05, 0) is 24.8 Å². The van der Waals surface area contributed by atoms with Crippen LogP contribution in [0, 0.1) is 12.8 Å². The maximum absolute atomic E-state index is 12.1. The van der Waals surface area contributed by atoms with Crippen molar-refractivity contribution >= 4 is 5.91 Å². The van der Waals surface area contributed by atoms with Crippen LogP contribution in [-0.2, 0) is 11.2 Å². The van der Waals surface area contributed by atoms with E-state index in [-0.39, 0.29) is 11.9 Å². The molecule has 2 N–H and O–H groups in total. The summed E-state index contributed by atoms with van der Waals surface area (Å²) >= 11 is 0. The van der Waals surface area contributed by atoms with Crippen LogP contribution in [0.1, 0.15) is 31.4 Å². The molecule has 0 heterocycles. The number of nitrogens with zero attached hydrogens (tertiary/aromatic N) is 1. The summed E-state index contributed by atoms with van der Waals surface area (Å²) in [6, 6.07) is 8.27. The van der Waals surface area contributed by atoms with Gasteiger partial charge in [0.2, 0.25) is 5.91 Å². The Balaban J connectivity index is 2.42. The van der Waals surface area contributed by atoms with Crippen molar-refractivity contribution in [1.29, 1.82) is 0 Å². The molecule has 1 unspecified atom stereocenters. The molecule has 0 aliphatic heterocycles. The number of carbonyl (C=O) groups excluding carboxylic acids is 1. The SMILES string of the molecule is Cc1ccc(CC(=O)N(C)CCC(N)C(C)C)cc1. The van der Waals surface area contributed by atoms with Crippen molar-refractivity contribution < 1.29 is 4.79 Å². The van der Waals surface area contributed by atoms with Crippen LogP contribution in [0.5, 0.6) is 0 Å². The molecule has 106 valence electrons. The summed E-state index contributed by atoms with van der Waals surface area (Å²) in [7, 11) is 1.85.